The van der Waals surface area contributed by atoms with Crippen molar-refractivity contribution >= 4 is 11.9 Å². The van der Waals surface area contributed by atoms with Crippen LogP contribution in [0.25, 0.3) is 0 Å². The average Bonchev–Trinajstić information content (AvgIpc) is 2.38. The number of carboxylic acids is 1. The molecule has 0 bridgehead atoms. The van der Waals surface area contributed by atoms with E-state index in [4.69, 9.17) is 10.2 Å². The van der Waals surface area contributed by atoms with Crippen molar-refractivity contribution in [3.8, 4) is 0 Å². The first-order valence-electron chi connectivity index (χ1n) is 6.42. The van der Waals surface area contributed by atoms with E-state index < -0.39 is 54.7 Å². The molecule has 0 saturated heterocycles. The zero-order chi connectivity index (χ0) is 15.4. The summed E-state index contributed by atoms with van der Waals surface area (Å²) in [6, 6.07) is -0.862. The van der Waals surface area contributed by atoms with Crippen molar-refractivity contribution < 1.29 is 35.1 Å². The smallest absolute Gasteiger partial charge is 0.306 e. The zero-order valence-electron chi connectivity index (χ0n) is 11.1. The molecule has 0 heterocycles. The molecule has 0 spiro atoms. The summed E-state index contributed by atoms with van der Waals surface area (Å²) in [6.07, 6.45) is -4.09. The van der Waals surface area contributed by atoms with Gasteiger partial charge in [0, 0.05) is 12.8 Å². The molecule has 0 aliphatic heterocycles. The number of nitrogens with one attached hydrogen (secondary N) is 1. The third-order valence-electron chi connectivity index (χ3n) is 3.70. The molecule has 20 heavy (non-hydrogen) atoms. The molecule has 116 valence electrons. The van der Waals surface area contributed by atoms with Crippen molar-refractivity contribution in [1.29, 1.82) is 0 Å². The molecule has 8 heteroatoms. The Morgan fingerprint density at radius 3 is 2.35 bits per heavy atom. The van der Waals surface area contributed by atoms with Gasteiger partial charge >= 0.3 is 5.97 Å². The van der Waals surface area contributed by atoms with Gasteiger partial charge in [0.05, 0.1) is 30.8 Å². The van der Waals surface area contributed by atoms with Gasteiger partial charge in [-0.15, -0.1) is 0 Å². The first-order valence-corrected chi connectivity index (χ1v) is 6.42. The summed E-state index contributed by atoms with van der Waals surface area (Å²) < 4.78 is 0. The monoisotopic (exact) mass is 291 g/mol. The van der Waals surface area contributed by atoms with Crippen LogP contribution >= 0.6 is 0 Å². The molecular formula is C12H21NO7. The average molecular weight is 291 g/mol. The Kier molecular flexibility index (Phi) is 5.88. The fraction of sp³-hybridized carbons (Fsp3) is 0.833. The molecule has 6 atom stereocenters. The Hall–Kier alpha value is -1.22. The minimum absolute atomic E-state index is 0.00440. The van der Waals surface area contributed by atoms with Crippen LogP contribution in [0.15, 0.2) is 0 Å². The summed E-state index contributed by atoms with van der Waals surface area (Å²) in [4.78, 5) is 22.2. The van der Waals surface area contributed by atoms with E-state index >= 15 is 0 Å². The number of amides is 1. The summed E-state index contributed by atoms with van der Waals surface area (Å²) in [5.74, 6) is -3.27. The van der Waals surface area contributed by atoms with Crippen LogP contribution in [0.1, 0.15) is 19.8 Å². The van der Waals surface area contributed by atoms with Crippen molar-refractivity contribution in [2.45, 2.75) is 44.1 Å². The van der Waals surface area contributed by atoms with E-state index in [2.05, 4.69) is 5.32 Å². The second-order valence-electron chi connectivity index (χ2n) is 5.20. The topological polar surface area (TPSA) is 147 Å². The molecule has 1 unspecified atom stereocenters. The summed E-state index contributed by atoms with van der Waals surface area (Å²) in [6.45, 7) is 0.542. The molecule has 8 nitrogen and oxygen atoms in total. The number of aliphatic hydroxyl groups excluding tert-OH is 4. The molecule has 1 saturated carbocycles. The maximum atomic E-state index is 11.1. The first-order chi connectivity index (χ1) is 9.27. The van der Waals surface area contributed by atoms with Gasteiger partial charge in [0.15, 0.2) is 0 Å². The Morgan fingerprint density at radius 1 is 1.30 bits per heavy atom. The lowest BCUT2D eigenvalue weighted by Crippen LogP contribution is -2.57. The maximum Gasteiger partial charge on any atom is 0.306 e. The van der Waals surface area contributed by atoms with E-state index in [0.717, 1.165) is 0 Å². The molecule has 0 aromatic heterocycles. The lowest BCUT2D eigenvalue weighted by atomic mass is 9.72. The SMILES string of the molecule is CC(=O)N[C@H]1[C@H]([C@H](O)[C@H](O)CO)CC(C(=O)O)C[C@@H]1O. The minimum Gasteiger partial charge on any atom is -0.481 e. The summed E-state index contributed by atoms with van der Waals surface area (Å²) in [5, 5.41) is 49.8. The Balaban J connectivity index is 2.94. The Bertz CT molecular complexity index is 362. The van der Waals surface area contributed by atoms with Crippen LogP contribution in [0, 0.1) is 11.8 Å². The molecular weight excluding hydrogens is 270 g/mol. The van der Waals surface area contributed by atoms with Gasteiger partial charge in [-0.25, -0.2) is 0 Å². The zero-order valence-corrected chi connectivity index (χ0v) is 11.1. The van der Waals surface area contributed by atoms with Crippen LogP contribution in [0.3, 0.4) is 0 Å². The van der Waals surface area contributed by atoms with E-state index in [0.29, 0.717) is 0 Å². The van der Waals surface area contributed by atoms with Crippen molar-refractivity contribution in [1.82, 2.24) is 5.32 Å². The van der Waals surface area contributed by atoms with Gasteiger partial charge in [0.1, 0.15) is 6.10 Å². The molecule has 1 aliphatic carbocycles. The van der Waals surface area contributed by atoms with E-state index in [-0.39, 0.29) is 12.8 Å². The highest BCUT2D eigenvalue weighted by atomic mass is 16.4. The van der Waals surface area contributed by atoms with Crippen LogP contribution in [-0.4, -0.2) is 68.4 Å². The number of carbonyl (C=O) groups excluding carboxylic acids is 1. The third-order valence-corrected chi connectivity index (χ3v) is 3.70. The number of hydrogen-bond donors (Lipinski definition) is 6. The van der Waals surface area contributed by atoms with E-state index in [1.165, 1.54) is 6.92 Å². The van der Waals surface area contributed by atoms with E-state index in [1.54, 1.807) is 0 Å². The van der Waals surface area contributed by atoms with Gasteiger partial charge in [-0.3, -0.25) is 9.59 Å². The molecule has 0 aromatic carbocycles. The molecule has 1 rings (SSSR count). The van der Waals surface area contributed by atoms with Crippen LogP contribution in [-0.2, 0) is 9.59 Å². The van der Waals surface area contributed by atoms with Gasteiger partial charge in [-0.1, -0.05) is 0 Å². The summed E-state index contributed by atoms with van der Waals surface area (Å²) >= 11 is 0. The molecule has 1 aliphatic rings. The van der Waals surface area contributed by atoms with Gasteiger partial charge in [0.2, 0.25) is 5.91 Å². The van der Waals surface area contributed by atoms with Crippen LogP contribution in [0.4, 0.5) is 0 Å². The molecule has 0 radical (unpaired) electrons. The Morgan fingerprint density at radius 2 is 1.90 bits per heavy atom. The van der Waals surface area contributed by atoms with Crippen LogP contribution in [0.2, 0.25) is 0 Å². The van der Waals surface area contributed by atoms with Gasteiger partial charge in [0.25, 0.3) is 0 Å². The lowest BCUT2D eigenvalue weighted by Gasteiger charge is -2.41. The number of rotatable bonds is 5. The number of carboxylic acid groups (broad SMARTS) is 1. The quantitative estimate of drug-likeness (QED) is 0.333. The first kappa shape index (κ1) is 16.8. The third kappa shape index (κ3) is 3.89. The normalized spacial score (nSPS) is 33.2. The standard InChI is InChI=1S/C12H21NO7/c1-5(15)13-10-7(11(18)9(17)4-14)2-6(12(19)20)3-8(10)16/h6-11,14,16-18H,2-4H2,1H3,(H,13,15)(H,19,20)/t6?,7-,8+,9-,10+,11+/m1/s1. The summed E-state index contributed by atoms with van der Waals surface area (Å²) in [7, 11) is 0. The van der Waals surface area contributed by atoms with Gasteiger partial charge in [-0.2, -0.15) is 0 Å². The van der Waals surface area contributed by atoms with Crippen molar-refractivity contribution in [3.05, 3.63) is 0 Å². The predicted molar refractivity (Wildman–Crippen MR) is 66.6 cm³/mol. The predicted octanol–water partition coefficient (Wildman–Crippen LogP) is -2.32. The Labute approximate surface area is 116 Å². The van der Waals surface area contributed by atoms with Crippen LogP contribution < -0.4 is 5.32 Å². The van der Waals surface area contributed by atoms with E-state index in [9.17, 15) is 24.9 Å². The highest BCUT2D eigenvalue weighted by Crippen LogP contribution is 2.33. The molecule has 1 fully saturated rings. The fourth-order valence-electron chi connectivity index (χ4n) is 2.68. The molecule has 0 aromatic rings. The number of aliphatic hydroxyl groups is 4. The molecule has 6 N–H and O–H groups in total. The summed E-state index contributed by atoms with van der Waals surface area (Å²) in [5.41, 5.74) is 0. The molecule has 1 amide bonds. The van der Waals surface area contributed by atoms with Crippen molar-refractivity contribution in [3.63, 3.8) is 0 Å². The second kappa shape index (κ2) is 6.98. The van der Waals surface area contributed by atoms with E-state index in [1.807, 2.05) is 0 Å². The second-order valence-corrected chi connectivity index (χ2v) is 5.20. The maximum absolute atomic E-state index is 11.1. The van der Waals surface area contributed by atoms with Crippen molar-refractivity contribution in [2.24, 2.45) is 11.8 Å². The number of aliphatic carboxylic acids is 1. The van der Waals surface area contributed by atoms with Gasteiger partial charge in [-0.05, 0) is 12.8 Å². The van der Waals surface area contributed by atoms with Gasteiger partial charge < -0.3 is 30.8 Å². The highest BCUT2D eigenvalue weighted by Gasteiger charge is 2.44. The highest BCUT2D eigenvalue weighted by molar-refractivity contribution is 5.73. The largest absolute Gasteiger partial charge is 0.481 e. The fourth-order valence-corrected chi connectivity index (χ4v) is 2.68. The number of carbonyl (C=O) groups is 2. The lowest BCUT2D eigenvalue weighted by molar-refractivity contribution is -0.149. The minimum atomic E-state index is -1.46. The van der Waals surface area contributed by atoms with Crippen LogP contribution in [0.5, 0.6) is 0 Å². The number of hydrogen-bond acceptors (Lipinski definition) is 6. The van der Waals surface area contributed by atoms with Crippen molar-refractivity contribution in [2.75, 3.05) is 6.61 Å².